The van der Waals surface area contributed by atoms with Gasteiger partial charge < -0.3 is 10.5 Å². The number of benzene rings is 3. The van der Waals surface area contributed by atoms with Crippen LogP contribution in [-0.4, -0.2) is 15.9 Å². The molecule has 1 heterocycles. The number of nitrogen functional groups attached to an aromatic ring is 1. The van der Waals surface area contributed by atoms with Gasteiger partial charge in [0.2, 0.25) is 5.88 Å². The number of anilines is 2. The van der Waals surface area contributed by atoms with E-state index >= 15 is 0 Å². The van der Waals surface area contributed by atoms with Gasteiger partial charge in [0.25, 0.3) is 5.91 Å². The van der Waals surface area contributed by atoms with E-state index in [1.807, 2.05) is 42.5 Å². The molecule has 29 heavy (non-hydrogen) atoms. The lowest BCUT2D eigenvalue weighted by molar-refractivity contribution is 0.0962. The normalized spacial score (nSPS) is 10.5. The van der Waals surface area contributed by atoms with Gasteiger partial charge in [-0.2, -0.15) is 4.98 Å². The number of halogens is 1. The molecule has 0 saturated carbocycles. The summed E-state index contributed by atoms with van der Waals surface area (Å²) in [7, 11) is 0. The summed E-state index contributed by atoms with van der Waals surface area (Å²) in [5.74, 6) is -0.0134. The Kier molecular flexibility index (Phi) is 4.90. The van der Waals surface area contributed by atoms with Crippen LogP contribution in [0.1, 0.15) is 10.4 Å². The molecule has 0 atom stereocenters. The molecule has 0 aliphatic rings. The summed E-state index contributed by atoms with van der Waals surface area (Å²) in [5, 5.41) is 2.10. The van der Waals surface area contributed by atoms with Gasteiger partial charge in [-0.3, -0.25) is 15.6 Å². The molecule has 0 spiro atoms. The summed E-state index contributed by atoms with van der Waals surface area (Å²) in [6.45, 7) is 0. The summed E-state index contributed by atoms with van der Waals surface area (Å²) in [4.78, 5) is 20.2. The maximum Gasteiger partial charge on any atom is 0.269 e. The molecule has 0 bridgehead atoms. The van der Waals surface area contributed by atoms with E-state index in [0.29, 0.717) is 5.75 Å². The average Bonchev–Trinajstić information content (AvgIpc) is 2.74. The zero-order chi connectivity index (χ0) is 20.2. The zero-order valence-electron chi connectivity index (χ0n) is 15.1. The lowest BCUT2D eigenvalue weighted by atomic mass is 10.1. The van der Waals surface area contributed by atoms with Crippen LogP contribution in [0.2, 0.25) is 0 Å². The Balaban J connectivity index is 1.49. The second-order valence-corrected chi connectivity index (χ2v) is 6.14. The van der Waals surface area contributed by atoms with Gasteiger partial charge >= 0.3 is 0 Å². The molecule has 3 aromatic carbocycles. The number of nitrogens with one attached hydrogen (secondary N) is 2. The molecule has 144 valence electrons. The minimum absolute atomic E-state index is 0.125. The van der Waals surface area contributed by atoms with Crippen LogP contribution in [0, 0.1) is 5.82 Å². The van der Waals surface area contributed by atoms with Crippen molar-refractivity contribution in [2.24, 2.45) is 0 Å². The first-order valence-electron chi connectivity index (χ1n) is 8.69. The monoisotopic (exact) mass is 389 g/mol. The maximum absolute atomic E-state index is 13.0. The highest BCUT2D eigenvalue weighted by atomic mass is 19.1. The van der Waals surface area contributed by atoms with E-state index in [1.54, 1.807) is 0 Å². The van der Waals surface area contributed by atoms with Crippen molar-refractivity contribution in [1.82, 2.24) is 15.4 Å². The summed E-state index contributed by atoms with van der Waals surface area (Å²) in [5.41, 5.74) is 11.6. The van der Waals surface area contributed by atoms with Crippen molar-refractivity contribution in [3.63, 3.8) is 0 Å². The number of aromatic nitrogens is 2. The second-order valence-electron chi connectivity index (χ2n) is 6.14. The number of ether oxygens (including phenoxy) is 1. The number of rotatable bonds is 5. The number of hydrogen-bond acceptors (Lipinski definition) is 6. The molecule has 4 N–H and O–H groups in total. The van der Waals surface area contributed by atoms with Crippen molar-refractivity contribution >= 4 is 28.2 Å². The third kappa shape index (κ3) is 4.06. The SMILES string of the molecule is Nc1c(NNC(=O)c2ccc(F)cc2)ncnc1Oc1ccc2ccccc2c1. The number of hydrogen-bond donors (Lipinski definition) is 3. The number of carbonyl (C=O) groups excluding carboxylic acids is 1. The van der Waals surface area contributed by atoms with E-state index in [-0.39, 0.29) is 22.9 Å². The number of hydrazine groups is 1. The fraction of sp³-hybridized carbons (Fsp3) is 0. The first kappa shape index (κ1) is 18.2. The van der Waals surface area contributed by atoms with Crippen molar-refractivity contribution in [3.05, 3.63) is 84.4 Å². The summed E-state index contributed by atoms with van der Waals surface area (Å²) >= 11 is 0. The van der Waals surface area contributed by atoms with Crippen molar-refractivity contribution in [3.8, 4) is 11.6 Å². The van der Waals surface area contributed by atoms with E-state index < -0.39 is 11.7 Å². The molecule has 0 radical (unpaired) electrons. The number of nitrogens with two attached hydrogens (primary N) is 1. The van der Waals surface area contributed by atoms with Crippen molar-refractivity contribution in [1.29, 1.82) is 0 Å². The highest BCUT2D eigenvalue weighted by Gasteiger charge is 2.12. The Morgan fingerprint density at radius 2 is 1.72 bits per heavy atom. The fourth-order valence-electron chi connectivity index (χ4n) is 2.69. The Labute approximate surface area is 165 Å². The number of fused-ring (bicyclic) bond motifs is 1. The fourth-order valence-corrected chi connectivity index (χ4v) is 2.69. The molecule has 0 aliphatic carbocycles. The van der Waals surface area contributed by atoms with Crippen molar-refractivity contribution in [2.45, 2.75) is 0 Å². The molecular weight excluding hydrogens is 373 g/mol. The number of carbonyl (C=O) groups is 1. The van der Waals surface area contributed by atoms with Gasteiger partial charge in [-0.05, 0) is 47.2 Å². The van der Waals surface area contributed by atoms with Gasteiger partial charge in [-0.1, -0.05) is 30.3 Å². The van der Waals surface area contributed by atoms with E-state index in [0.717, 1.165) is 10.8 Å². The Bertz CT molecular complexity index is 1180. The molecule has 7 nitrogen and oxygen atoms in total. The summed E-state index contributed by atoms with van der Waals surface area (Å²) in [6, 6.07) is 18.6. The van der Waals surface area contributed by atoms with Gasteiger partial charge in [0.15, 0.2) is 5.82 Å². The average molecular weight is 389 g/mol. The summed E-state index contributed by atoms with van der Waals surface area (Å²) < 4.78 is 18.8. The van der Waals surface area contributed by atoms with Crippen molar-refractivity contribution < 1.29 is 13.9 Å². The van der Waals surface area contributed by atoms with Gasteiger partial charge in [-0.15, -0.1) is 0 Å². The lowest BCUT2D eigenvalue weighted by Gasteiger charge is -2.13. The number of amides is 1. The minimum atomic E-state index is -0.472. The first-order valence-corrected chi connectivity index (χ1v) is 8.69. The molecule has 0 unspecified atom stereocenters. The van der Waals surface area contributed by atoms with Crippen LogP contribution in [0.15, 0.2) is 73.1 Å². The Morgan fingerprint density at radius 1 is 0.966 bits per heavy atom. The van der Waals surface area contributed by atoms with Crippen LogP contribution < -0.4 is 21.3 Å². The maximum atomic E-state index is 13.0. The van der Waals surface area contributed by atoms with E-state index in [4.69, 9.17) is 10.5 Å². The van der Waals surface area contributed by atoms with Crippen LogP contribution in [0.25, 0.3) is 10.8 Å². The Morgan fingerprint density at radius 3 is 2.52 bits per heavy atom. The predicted octanol–water partition coefficient (Wildman–Crippen LogP) is 3.90. The molecule has 0 saturated heterocycles. The molecule has 0 aliphatic heterocycles. The van der Waals surface area contributed by atoms with Crippen LogP contribution >= 0.6 is 0 Å². The molecule has 4 rings (SSSR count). The molecule has 4 aromatic rings. The predicted molar refractivity (Wildman–Crippen MR) is 108 cm³/mol. The van der Waals surface area contributed by atoms with Crippen molar-refractivity contribution in [2.75, 3.05) is 11.2 Å². The standard InChI is InChI=1S/C21H16FN5O2/c22-16-8-5-14(6-9-16)20(28)27-26-19-18(23)21(25-12-24-19)29-17-10-7-13-3-1-2-4-15(13)11-17/h1-12H,23H2,(H,27,28)(H,24,25,26). The van der Waals surface area contributed by atoms with E-state index in [2.05, 4.69) is 20.8 Å². The van der Waals surface area contributed by atoms with Crippen LogP contribution in [0.4, 0.5) is 15.9 Å². The quantitative estimate of drug-likeness (QED) is 0.448. The third-order valence-electron chi connectivity index (χ3n) is 4.18. The van der Waals surface area contributed by atoms with Crippen LogP contribution in [0.3, 0.4) is 0 Å². The smallest absolute Gasteiger partial charge is 0.269 e. The molecule has 1 amide bonds. The number of nitrogens with zero attached hydrogens (tertiary/aromatic N) is 2. The highest BCUT2D eigenvalue weighted by molar-refractivity contribution is 5.95. The molecular formula is C21H16FN5O2. The topological polar surface area (TPSA) is 102 Å². The third-order valence-corrected chi connectivity index (χ3v) is 4.18. The molecule has 8 heteroatoms. The molecule has 0 fully saturated rings. The van der Waals surface area contributed by atoms with Crippen LogP contribution in [-0.2, 0) is 0 Å². The Hall–Kier alpha value is -4.20. The van der Waals surface area contributed by atoms with Gasteiger partial charge in [0.05, 0.1) is 0 Å². The zero-order valence-corrected chi connectivity index (χ0v) is 15.1. The van der Waals surface area contributed by atoms with E-state index in [9.17, 15) is 9.18 Å². The van der Waals surface area contributed by atoms with Gasteiger partial charge in [0, 0.05) is 5.56 Å². The second kappa shape index (κ2) is 7.81. The largest absolute Gasteiger partial charge is 0.437 e. The molecule has 1 aromatic heterocycles. The summed E-state index contributed by atoms with van der Waals surface area (Å²) in [6.07, 6.45) is 1.26. The first-order chi connectivity index (χ1) is 14.1. The highest BCUT2D eigenvalue weighted by Crippen LogP contribution is 2.30. The van der Waals surface area contributed by atoms with Gasteiger partial charge in [0.1, 0.15) is 23.6 Å². The van der Waals surface area contributed by atoms with E-state index in [1.165, 1.54) is 30.6 Å². The van der Waals surface area contributed by atoms with Crippen LogP contribution in [0.5, 0.6) is 11.6 Å². The lowest BCUT2D eigenvalue weighted by Crippen LogP contribution is -2.30. The van der Waals surface area contributed by atoms with Gasteiger partial charge in [-0.25, -0.2) is 9.37 Å². The minimum Gasteiger partial charge on any atom is -0.437 e.